The summed E-state index contributed by atoms with van der Waals surface area (Å²) >= 11 is 3.38. The van der Waals surface area contributed by atoms with Crippen LogP contribution < -0.4 is 11.5 Å². The van der Waals surface area contributed by atoms with Crippen LogP contribution in [0.3, 0.4) is 0 Å². The Morgan fingerprint density at radius 2 is 1.39 bits per heavy atom. The lowest BCUT2D eigenvalue weighted by Crippen LogP contribution is -2.07. The van der Waals surface area contributed by atoms with E-state index in [2.05, 4.69) is 43.5 Å². The first kappa shape index (κ1) is 33.5. The number of pyridine rings is 2. The highest BCUT2D eigenvalue weighted by Gasteiger charge is 2.24. The second-order valence-corrected chi connectivity index (χ2v) is 13.7. The van der Waals surface area contributed by atoms with Gasteiger partial charge >= 0.3 is 0 Å². The third-order valence-corrected chi connectivity index (χ3v) is 10.4. The molecule has 2 aromatic carbocycles. The molecule has 1 fully saturated rings. The van der Waals surface area contributed by atoms with Crippen LogP contribution in [-0.4, -0.2) is 52.1 Å². The Morgan fingerprint density at radius 3 is 1.90 bits per heavy atom. The summed E-state index contributed by atoms with van der Waals surface area (Å²) in [7, 11) is 0. The number of fused-ring (bicyclic) bond motifs is 2. The summed E-state index contributed by atoms with van der Waals surface area (Å²) in [5.41, 5.74) is 22.9. The number of hydrogen-bond donors (Lipinski definition) is 3. The molecule has 1 saturated heterocycles. The van der Waals surface area contributed by atoms with E-state index in [4.69, 9.17) is 21.7 Å². The number of aromatic amines is 1. The van der Waals surface area contributed by atoms with E-state index in [9.17, 15) is 4.79 Å². The minimum atomic E-state index is -0.306. The number of anilines is 2. The van der Waals surface area contributed by atoms with Crippen LogP contribution in [0.15, 0.2) is 110 Å². The number of ketones is 1. The fourth-order valence-electron chi connectivity index (χ4n) is 5.60. The number of H-pyrrole nitrogens is 1. The van der Waals surface area contributed by atoms with Gasteiger partial charge in [-0.15, -0.1) is 0 Å². The molecule has 0 saturated carbocycles. The molecule has 0 bridgehead atoms. The van der Waals surface area contributed by atoms with Gasteiger partial charge in [-0.3, -0.25) is 19.9 Å². The average Bonchev–Trinajstić information content (AvgIpc) is 4.01. The van der Waals surface area contributed by atoms with Gasteiger partial charge in [-0.1, -0.05) is 72.8 Å². The number of rotatable bonds is 4. The number of nitrogen functional groups attached to an aromatic ring is 2. The number of hydrogen-bond acceptors (Lipinski definition) is 11. The fourth-order valence-corrected chi connectivity index (χ4v) is 7.67. The lowest BCUT2D eigenvalue weighted by atomic mass is 10.1. The number of aromatic nitrogens is 7. The zero-order valence-corrected chi connectivity index (χ0v) is 28.9. The van der Waals surface area contributed by atoms with Gasteiger partial charge < -0.3 is 11.5 Å². The first-order chi connectivity index (χ1) is 25.0. The molecule has 5 aromatic heterocycles. The molecule has 0 radical (unpaired) electrons. The van der Waals surface area contributed by atoms with E-state index in [1.54, 1.807) is 22.5 Å². The van der Waals surface area contributed by atoms with E-state index >= 15 is 0 Å². The molecule has 1 atom stereocenters. The van der Waals surface area contributed by atoms with E-state index in [-0.39, 0.29) is 11.7 Å². The van der Waals surface area contributed by atoms with Crippen LogP contribution in [-0.2, 0) is 16.3 Å². The first-order valence-electron chi connectivity index (χ1n) is 16.1. The van der Waals surface area contributed by atoms with E-state index < -0.39 is 0 Å². The molecule has 0 aliphatic carbocycles. The molecule has 2 aliphatic heterocycles. The molecular formula is C38H32N10OS2. The number of benzene rings is 2. The number of carbonyl (C=O) groups is 1. The molecular weight excluding hydrogens is 677 g/mol. The molecule has 0 amide bonds. The lowest BCUT2D eigenvalue weighted by molar-refractivity contribution is -0.117. The van der Waals surface area contributed by atoms with Crippen LogP contribution in [0.5, 0.6) is 0 Å². The van der Waals surface area contributed by atoms with Crippen molar-refractivity contribution >= 4 is 46.6 Å². The van der Waals surface area contributed by atoms with Crippen molar-refractivity contribution in [1.82, 2.24) is 34.8 Å². The van der Waals surface area contributed by atoms with Crippen molar-refractivity contribution in [1.29, 1.82) is 5.26 Å². The fraction of sp³-hybridized carbons (Fsp3) is 0.132. The van der Waals surface area contributed by atoms with Crippen molar-refractivity contribution in [2.75, 3.05) is 23.0 Å². The van der Waals surface area contributed by atoms with Crippen molar-refractivity contribution in [3.63, 3.8) is 0 Å². The van der Waals surface area contributed by atoms with Gasteiger partial charge in [0.2, 0.25) is 0 Å². The molecule has 51 heavy (non-hydrogen) atoms. The first-order valence-corrected chi connectivity index (χ1v) is 18.4. The summed E-state index contributed by atoms with van der Waals surface area (Å²) in [4.78, 5) is 24.4. The van der Waals surface area contributed by atoms with E-state index in [1.807, 2.05) is 103 Å². The number of nitriles is 1. The third kappa shape index (κ3) is 7.33. The second kappa shape index (κ2) is 15.3. The zero-order valence-electron chi connectivity index (χ0n) is 27.3. The number of thioether (sulfide) groups is 2. The van der Waals surface area contributed by atoms with Crippen LogP contribution in [0.25, 0.3) is 50.4 Å². The summed E-state index contributed by atoms with van der Waals surface area (Å²) in [5.74, 6) is 4.11. The largest absolute Gasteiger partial charge is 0.384 e. The lowest BCUT2D eigenvalue weighted by Gasteiger charge is -2.06. The highest BCUT2D eigenvalue weighted by molar-refractivity contribution is 8.00. The normalized spacial score (nSPS) is 14.6. The highest BCUT2D eigenvalue weighted by Crippen LogP contribution is 2.35. The van der Waals surface area contributed by atoms with E-state index in [0.29, 0.717) is 23.1 Å². The van der Waals surface area contributed by atoms with Crippen molar-refractivity contribution in [3.8, 4) is 50.8 Å². The van der Waals surface area contributed by atoms with Crippen LogP contribution >= 0.6 is 23.5 Å². The Balaban J connectivity index is 0.000000136. The number of nitrogens with two attached hydrogens (primary N) is 2. The topological polar surface area (TPSA) is 178 Å². The van der Waals surface area contributed by atoms with Crippen LogP contribution in [0.2, 0.25) is 0 Å². The van der Waals surface area contributed by atoms with Gasteiger partial charge in [0.1, 0.15) is 17.6 Å². The minimum absolute atomic E-state index is 0.0949. The predicted molar refractivity (Wildman–Crippen MR) is 204 cm³/mol. The molecule has 0 spiro atoms. The number of Topliss-reactive ketones (excluding diaryl/α,β-unsaturated/α-hetero) is 1. The number of carbonyl (C=O) groups excluding carboxylic acids is 1. The summed E-state index contributed by atoms with van der Waals surface area (Å²) in [6.45, 7) is 0. The Labute approximate surface area is 302 Å². The quantitative estimate of drug-likeness (QED) is 0.172. The number of nitrogens with one attached hydrogen (secondary N) is 1. The smallest absolute Gasteiger partial charge is 0.165 e. The molecule has 13 heteroatoms. The molecule has 7 heterocycles. The zero-order chi connectivity index (χ0) is 35.2. The van der Waals surface area contributed by atoms with Gasteiger partial charge in [-0.25, -0.2) is 4.98 Å². The molecule has 1 unspecified atom stereocenters. The van der Waals surface area contributed by atoms with Crippen LogP contribution in [0.1, 0.15) is 11.3 Å². The maximum Gasteiger partial charge on any atom is 0.165 e. The SMILES string of the molecule is N#CC1CSCC1=O.Nc1[nH]ncc1-c1ccc(-c2ccccc2)nc1.Nc1c2c(nc3c(-c4ccc(-c5ccccc5)nc4)cnn13)CSC2. The van der Waals surface area contributed by atoms with E-state index in [1.165, 1.54) is 0 Å². The standard InChI is InChI=1S/C19H15N5S.C14H12N4.C5H5NOS/c20-18-15-10-25-11-17(15)23-19-14(9-22-24(18)19)13-6-7-16(21-8-13)12-4-2-1-3-5-12;15-14-12(9-17-18-14)11-6-7-13(16-8-11)10-4-2-1-3-5-10;6-1-4-2-8-3-5(4)7/h1-9H,10-11,20H2;1-9H,(H3,15,17,18);4H,2-3H2. The molecule has 2 aliphatic rings. The van der Waals surface area contributed by atoms with Gasteiger partial charge in [-0.05, 0) is 12.1 Å². The van der Waals surface area contributed by atoms with Gasteiger partial charge in [0.15, 0.2) is 11.4 Å². The van der Waals surface area contributed by atoms with Gasteiger partial charge in [0.05, 0.1) is 41.3 Å². The Kier molecular flexibility index (Phi) is 10.0. The third-order valence-electron chi connectivity index (χ3n) is 8.39. The monoisotopic (exact) mass is 708 g/mol. The van der Waals surface area contributed by atoms with Crippen molar-refractivity contribution in [2.24, 2.45) is 5.92 Å². The van der Waals surface area contributed by atoms with E-state index in [0.717, 1.165) is 73.2 Å². The summed E-state index contributed by atoms with van der Waals surface area (Å²) in [5, 5.41) is 19.3. The highest BCUT2D eigenvalue weighted by atomic mass is 32.2. The molecule has 252 valence electrons. The van der Waals surface area contributed by atoms with Gasteiger partial charge in [0.25, 0.3) is 0 Å². The summed E-state index contributed by atoms with van der Waals surface area (Å²) in [6.07, 6.45) is 7.21. The molecule has 11 nitrogen and oxygen atoms in total. The van der Waals surface area contributed by atoms with Crippen LogP contribution in [0, 0.1) is 17.2 Å². The average molecular weight is 709 g/mol. The van der Waals surface area contributed by atoms with Crippen LogP contribution in [0.4, 0.5) is 11.6 Å². The Morgan fingerprint density at radius 1 is 0.745 bits per heavy atom. The van der Waals surface area contributed by atoms with Gasteiger partial charge in [0, 0.05) is 68.6 Å². The maximum absolute atomic E-state index is 10.6. The Bertz CT molecular complexity index is 2320. The molecule has 9 rings (SSSR count). The second-order valence-electron chi connectivity index (χ2n) is 11.7. The van der Waals surface area contributed by atoms with Crippen molar-refractivity contribution < 1.29 is 4.79 Å². The maximum atomic E-state index is 10.6. The van der Waals surface area contributed by atoms with Crippen molar-refractivity contribution in [3.05, 3.63) is 121 Å². The summed E-state index contributed by atoms with van der Waals surface area (Å²) in [6, 6.07) is 30.2. The van der Waals surface area contributed by atoms with Gasteiger partial charge in [-0.2, -0.15) is 43.5 Å². The summed E-state index contributed by atoms with van der Waals surface area (Å²) < 4.78 is 1.74. The molecule has 5 N–H and O–H groups in total. The van der Waals surface area contributed by atoms with Crippen molar-refractivity contribution in [2.45, 2.75) is 11.5 Å². The minimum Gasteiger partial charge on any atom is -0.384 e. The molecule has 7 aromatic rings. The number of nitrogens with zero attached hydrogens (tertiary/aromatic N) is 7. The Hall–Kier alpha value is -5.97. The predicted octanol–water partition coefficient (Wildman–Crippen LogP) is 6.95.